The van der Waals surface area contributed by atoms with Crippen LogP contribution in [-0.2, 0) is 9.59 Å². The van der Waals surface area contributed by atoms with E-state index in [-0.39, 0.29) is 5.91 Å². The molecule has 1 aromatic rings. The molecule has 0 heterocycles. The number of esters is 1. The van der Waals surface area contributed by atoms with Crippen LogP contribution in [0.1, 0.15) is 12.5 Å². The van der Waals surface area contributed by atoms with E-state index in [4.69, 9.17) is 4.74 Å². The highest BCUT2D eigenvalue weighted by atomic mass is 32.1. The molecule has 1 rings (SSSR count). The minimum Gasteiger partial charge on any atom is -0.423 e. The number of likely N-dealkylation sites (N-methyl/N-ethyl adjacent to an activating group) is 1. The van der Waals surface area contributed by atoms with E-state index in [9.17, 15) is 9.59 Å². The topological polar surface area (TPSA) is 67.4 Å². The fourth-order valence-electron chi connectivity index (χ4n) is 1.38. The summed E-state index contributed by atoms with van der Waals surface area (Å²) in [6.45, 7) is 5.08. The van der Waals surface area contributed by atoms with Gasteiger partial charge in [0.25, 0.3) is 5.91 Å². The van der Waals surface area contributed by atoms with E-state index in [0.717, 1.165) is 11.1 Å². The SMILES string of the molecule is C=C(C)C(=O)Oc1ccc(/C=C(/NC)C(=O)NC=S)cc1. The first-order chi connectivity index (χ1) is 9.97. The Morgan fingerprint density at radius 3 is 2.38 bits per heavy atom. The molecule has 0 saturated carbocycles. The third-order valence-electron chi connectivity index (χ3n) is 2.45. The van der Waals surface area contributed by atoms with Crippen molar-refractivity contribution in [1.82, 2.24) is 10.6 Å². The van der Waals surface area contributed by atoms with Crippen molar-refractivity contribution in [3.05, 3.63) is 47.7 Å². The van der Waals surface area contributed by atoms with E-state index in [1.165, 1.54) is 0 Å². The lowest BCUT2D eigenvalue weighted by Gasteiger charge is -2.06. The van der Waals surface area contributed by atoms with E-state index < -0.39 is 5.97 Å². The molecular formula is C15H16N2O3S. The maximum Gasteiger partial charge on any atom is 0.338 e. The lowest BCUT2D eigenvalue weighted by molar-refractivity contribution is -0.130. The Balaban J connectivity index is 2.86. The van der Waals surface area contributed by atoms with Gasteiger partial charge in [-0.1, -0.05) is 30.9 Å². The van der Waals surface area contributed by atoms with Crippen LogP contribution in [0.3, 0.4) is 0 Å². The summed E-state index contributed by atoms with van der Waals surface area (Å²) < 4.78 is 5.08. The fourth-order valence-corrected chi connectivity index (χ4v) is 1.48. The van der Waals surface area contributed by atoms with Gasteiger partial charge in [0.05, 0.1) is 5.49 Å². The van der Waals surface area contributed by atoms with Gasteiger partial charge in [-0.2, -0.15) is 0 Å². The average molecular weight is 304 g/mol. The van der Waals surface area contributed by atoms with Gasteiger partial charge in [-0.3, -0.25) is 4.79 Å². The Bertz CT molecular complexity index is 591. The molecular weight excluding hydrogens is 288 g/mol. The molecule has 5 nitrogen and oxygen atoms in total. The van der Waals surface area contributed by atoms with Crippen LogP contribution < -0.4 is 15.4 Å². The number of carbonyl (C=O) groups is 2. The van der Waals surface area contributed by atoms with Gasteiger partial charge in [-0.05, 0) is 30.7 Å². The fraction of sp³-hybridized carbons (Fsp3) is 0.133. The lowest BCUT2D eigenvalue weighted by Crippen LogP contribution is -2.28. The number of carbonyl (C=O) groups excluding carboxylic acids is 2. The van der Waals surface area contributed by atoms with Crippen molar-refractivity contribution in [3.8, 4) is 5.75 Å². The summed E-state index contributed by atoms with van der Waals surface area (Å²) in [7, 11) is 1.64. The number of nitrogens with one attached hydrogen (secondary N) is 2. The van der Waals surface area contributed by atoms with Gasteiger partial charge in [-0.25, -0.2) is 4.79 Å². The zero-order valence-electron chi connectivity index (χ0n) is 11.8. The Morgan fingerprint density at radius 2 is 1.90 bits per heavy atom. The number of thiocarbonyl (C=S) groups is 1. The molecule has 0 aromatic heterocycles. The molecule has 0 saturated heterocycles. The van der Waals surface area contributed by atoms with Crippen molar-refractivity contribution >= 4 is 35.7 Å². The third-order valence-corrected chi connectivity index (χ3v) is 2.57. The molecule has 0 aliphatic rings. The molecule has 6 heteroatoms. The van der Waals surface area contributed by atoms with E-state index >= 15 is 0 Å². The summed E-state index contributed by atoms with van der Waals surface area (Å²) in [6.07, 6.45) is 1.65. The van der Waals surface area contributed by atoms with Crippen LogP contribution in [0.15, 0.2) is 42.1 Å². The van der Waals surface area contributed by atoms with E-state index in [1.54, 1.807) is 44.3 Å². The van der Waals surface area contributed by atoms with Crippen molar-refractivity contribution in [3.63, 3.8) is 0 Å². The third kappa shape index (κ3) is 5.19. The zero-order chi connectivity index (χ0) is 15.8. The lowest BCUT2D eigenvalue weighted by atomic mass is 10.2. The summed E-state index contributed by atoms with van der Waals surface area (Å²) in [4.78, 5) is 23.0. The first-order valence-electron chi connectivity index (χ1n) is 6.09. The van der Waals surface area contributed by atoms with Crippen LogP contribution in [0.2, 0.25) is 0 Å². The summed E-state index contributed by atoms with van der Waals surface area (Å²) in [6, 6.07) is 6.72. The van der Waals surface area contributed by atoms with Crippen molar-refractivity contribution in [2.75, 3.05) is 7.05 Å². The first-order valence-corrected chi connectivity index (χ1v) is 6.56. The second-order valence-corrected chi connectivity index (χ2v) is 4.37. The Labute approximate surface area is 128 Å². The highest BCUT2D eigenvalue weighted by Crippen LogP contribution is 2.15. The van der Waals surface area contributed by atoms with Crippen molar-refractivity contribution in [2.45, 2.75) is 6.92 Å². The summed E-state index contributed by atoms with van der Waals surface area (Å²) in [5.74, 6) is -0.394. The molecule has 2 N–H and O–H groups in total. The van der Waals surface area contributed by atoms with Crippen molar-refractivity contribution in [2.24, 2.45) is 0 Å². The summed E-state index contributed by atoms with van der Waals surface area (Å²) in [5, 5.41) is 5.19. The Hall–Kier alpha value is -2.47. The minimum atomic E-state index is -0.477. The first kappa shape index (κ1) is 16.6. The molecule has 0 bridgehead atoms. The number of hydrogen-bond donors (Lipinski definition) is 2. The zero-order valence-corrected chi connectivity index (χ0v) is 12.6. The van der Waals surface area contributed by atoms with Gasteiger partial charge in [0.1, 0.15) is 11.4 Å². The smallest absolute Gasteiger partial charge is 0.338 e. The number of hydrogen-bond acceptors (Lipinski definition) is 5. The Kier molecular flexibility index (Phi) is 6.29. The molecule has 0 radical (unpaired) electrons. The van der Waals surface area contributed by atoms with Gasteiger partial charge in [0, 0.05) is 12.6 Å². The van der Waals surface area contributed by atoms with E-state index in [2.05, 4.69) is 29.4 Å². The molecule has 0 unspecified atom stereocenters. The second kappa shape index (κ2) is 7.96. The molecule has 1 amide bonds. The average Bonchev–Trinajstić information content (AvgIpc) is 2.46. The van der Waals surface area contributed by atoms with Crippen molar-refractivity contribution < 1.29 is 14.3 Å². The van der Waals surface area contributed by atoms with Crippen LogP contribution >= 0.6 is 12.2 Å². The monoisotopic (exact) mass is 304 g/mol. The largest absolute Gasteiger partial charge is 0.423 e. The predicted octanol–water partition coefficient (Wildman–Crippen LogP) is 1.80. The Morgan fingerprint density at radius 1 is 1.29 bits per heavy atom. The van der Waals surface area contributed by atoms with Crippen LogP contribution in [0.25, 0.3) is 6.08 Å². The predicted molar refractivity (Wildman–Crippen MR) is 85.7 cm³/mol. The minimum absolute atomic E-state index is 0.327. The van der Waals surface area contributed by atoms with Crippen LogP contribution in [0.4, 0.5) is 0 Å². The second-order valence-electron chi connectivity index (χ2n) is 4.14. The highest BCUT2D eigenvalue weighted by molar-refractivity contribution is 7.78. The van der Waals surface area contributed by atoms with E-state index in [0.29, 0.717) is 17.0 Å². The van der Waals surface area contributed by atoms with Gasteiger partial charge < -0.3 is 15.4 Å². The molecule has 21 heavy (non-hydrogen) atoms. The molecule has 1 aromatic carbocycles. The number of benzene rings is 1. The number of ether oxygens (including phenoxy) is 1. The van der Waals surface area contributed by atoms with Gasteiger partial charge in [-0.15, -0.1) is 0 Å². The van der Waals surface area contributed by atoms with E-state index in [1.807, 2.05) is 0 Å². The highest BCUT2D eigenvalue weighted by Gasteiger charge is 2.07. The summed E-state index contributed by atoms with van der Waals surface area (Å²) >= 11 is 4.57. The number of amides is 1. The quantitative estimate of drug-likeness (QED) is 0.363. The van der Waals surface area contributed by atoms with Crippen LogP contribution in [0.5, 0.6) is 5.75 Å². The standard InChI is InChI=1S/C15H16N2O3S/c1-10(2)15(19)20-12-6-4-11(5-7-12)8-13(16-3)14(18)17-9-21/h4-9,16H,1H2,2-3H3,(H,17,18,21)/b13-8+. The van der Waals surface area contributed by atoms with Crippen LogP contribution in [0, 0.1) is 0 Å². The van der Waals surface area contributed by atoms with Gasteiger partial charge >= 0.3 is 5.97 Å². The van der Waals surface area contributed by atoms with Gasteiger partial charge in [0.2, 0.25) is 0 Å². The molecule has 0 aliphatic heterocycles. The maximum atomic E-state index is 11.6. The molecule has 0 atom stereocenters. The summed E-state index contributed by atoms with van der Waals surface area (Å²) in [5.41, 5.74) is 2.61. The maximum absolute atomic E-state index is 11.6. The molecule has 0 aliphatic carbocycles. The van der Waals surface area contributed by atoms with Gasteiger partial charge in [0.15, 0.2) is 0 Å². The molecule has 0 spiro atoms. The van der Waals surface area contributed by atoms with Crippen molar-refractivity contribution in [1.29, 1.82) is 0 Å². The molecule has 0 fully saturated rings. The number of rotatable bonds is 6. The van der Waals surface area contributed by atoms with Crippen LogP contribution in [-0.4, -0.2) is 24.4 Å². The molecule has 110 valence electrons. The normalized spacial score (nSPS) is 10.5.